The SMILES string of the molecule is CN(C(=O)N1CCOCC1)C1CCCN(c2cnccn2)C1. The predicted molar refractivity (Wildman–Crippen MR) is 82.8 cm³/mol. The van der Waals surface area contributed by atoms with E-state index in [-0.39, 0.29) is 12.1 Å². The van der Waals surface area contributed by atoms with E-state index in [1.165, 1.54) is 0 Å². The van der Waals surface area contributed by atoms with Gasteiger partial charge in [0.25, 0.3) is 0 Å². The maximum atomic E-state index is 12.6. The smallest absolute Gasteiger partial charge is 0.320 e. The number of ether oxygens (including phenoxy) is 1. The zero-order chi connectivity index (χ0) is 15.4. The molecule has 1 atom stereocenters. The quantitative estimate of drug-likeness (QED) is 0.810. The average Bonchev–Trinajstić information content (AvgIpc) is 2.62. The summed E-state index contributed by atoms with van der Waals surface area (Å²) in [6, 6.07) is 0.320. The van der Waals surface area contributed by atoms with E-state index in [0.29, 0.717) is 26.3 Å². The molecule has 0 bridgehead atoms. The van der Waals surface area contributed by atoms with Crippen molar-refractivity contribution in [1.29, 1.82) is 0 Å². The minimum Gasteiger partial charge on any atom is -0.378 e. The third-order valence-electron chi connectivity index (χ3n) is 4.40. The normalized spacial score (nSPS) is 22.5. The fourth-order valence-corrected chi connectivity index (χ4v) is 3.07. The molecule has 2 saturated heterocycles. The Bertz CT molecular complexity index is 492. The van der Waals surface area contributed by atoms with Crippen LogP contribution >= 0.6 is 0 Å². The molecule has 7 nitrogen and oxygen atoms in total. The lowest BCUT2D eigenvalue weighted by atomic mass is 10.0. The van der Waals surface area contributed by atoms with Crippen molar-refractivity contribution in [3.63, 3.8) is 0 Å². The van der Waals surface area contributed by atoms with Crippen molar-refractivity contribution in [2.24, 2.45) is 0 Å². The van der Waals surface area contributed by atoms with Crippen LogP contribution in [0.3, 0.4) is 0 Å². The van der Waals surface area contributed by atoms with Crippen LogP contribution in [-0.4, -0.2) is 78.3 Å². The molecule has 2 fully saturated rings. The monoisotopic (exact) mass is 305 g/mol. The molecule has 0 radical (unpaired) electrons. The Kier molecular flexibility index (Phi) is 4.72. The largest absolute Gasteiger partial charge is 0.378 e. The Morgan fingerprint density at radius 1 is 1.32 bits per heavy atom. The zero-order valence-corrected chi connectivity index (χ0v) is 13.0. The molecule has 22 heavy (non-hydrogen) atoms. The van der Waals surface area contributed by atoms with Crippen LogP contribution in [0.25, 0.3) is 0 Å². The first-order valence-electron chi connectivity index (χ1n) is 7.86. The number of carbonyl (C=O) groups excluding carboxylic acids is 1. The van der Waals surface area contributed by atoms with E-state index in [1.54, 1.807) is 18.6 Å². The lowest BCUT2D eigenvalue weighted by Crippen LogP contribution is -2.54. The maximum Gasteiger partial charge on any atom is 0.320 e. The fraction of sp³-hybridized carbons (Fsp3) is 0.667. The summed E-state index contributed by atoms with van der Waals surface area (Å²) in [6.07, 6.45) is 7.26. The van der Waals surface area contributed by atoms with Crippen LogP contribution in [-0.2, 0) is 4.74 Å². The van der Waals surface area contributed by atoms with Crippen LogP contribution < -0.4 is 4.90 Å². The Morgan fingerprint density at radius 2 is 2.14 bits per heavy atom. The molecule has 0 N–H and O–H groups in total. The highest BCUT2D eigenvalue weighted by molar-refractivity contribution is 5.74. The number of amides is 2. The highest BCUT2D eigenvalue weighted by Crippen LogP contribution is 2.20. The molecule has 0 spiro atoms. The Balaban J connectivity index is 1.62. The van der Waals surface area contributed by atoms with Crippen LogP contribution in [0.5, 0.6) is 0 Å². The molecule has 2 amide bonds. The number of likely N-dealkylation sites (N-methyl/N-ethyl adjacent to an activating group) is 1. The Labute approximate surface area is 130 Å². The van der Waals surface area contributed by atoms with Crippen molar-refractivity contribution >= 4 is 11.8 Å². The molecule has 1 unspecified atom stereocenters. The van der Waals surface area contributed by atoms with Gasteiger partial charge in [-0.1, -0.05) is 0 Å². The summed E-state index contributed by atoms with van der Waals surface area (Å²) >= 11 is 0. The van der Waals surface area contributed by atoms with Crippen molar-refractivity contribution in [2.75, 3.05) is 51.3 Å². The minimum absolute atomic E-state index is 0.106. The summed E-state index contributed by atoms with van der Waals surface area (Å²) in [5.41, 5.74) is 0. The number of nitrogens with zero attached hydrogens (tertiary/aromatic N) is 5. The zero-order valence-electron chi connectivity index (χ0n) is 13.0. The topological polar surface area (TPSA) is 61.8 Å². The van der Waals surface area contributed by atoms with E-state index in [2.05, 4.69) is 14.9 Å². The van der Waals surface area contributed by atoms with Gasteiger partial charge in [-0.3, -0.25) is 4.98 Å². The number of morpholine rings is 1. The molecule has 2 aliphatic rings. The van der Waals surface area contributed by atoms with Crippen LogP contribution in [0.2, 0.25) is 0 Å². The van der Waals surface area contributed by atoms with Crippen LogP contribution in [0.4, 0.5) is 10.6 Å². The van der Waals surface area contributed by atoms with Crippen molar-refractivity contribution < 1.29 is 9.53 Å². The number of piperidine rings is 1. The van der Waals surface area contributed by atoms with Gasteiger partial charge in [-0.25, -0.2) is 9.78 Å². The number of anilines is 1. The average molecular weight is 305 g/mol. The number of urea groups is 1. The Morgan fingerprint density at radius 3 is 2.86 bits per heavy atom. The van der Waals surface area contributed by atoms with E-state index in [0.717, 1.165) is 31.7 Å². The highest BCUT2D eigenvalue weighted by Gasteiger charge is 2.29. The summed E-state index contributed by atoms with van der Waals surface area (Å²) < 4.78 is 5.31. The first-order valence-corrected chi connectivity index (χ1v) is 7.86. The van der Waals surface area contributed by atoms with Crippen molar-refractivity contribution in [3.8, 4) is 0 Å². The van der Waals surface area contributed by atoms with Crippen LogP contribution in [0.15, 0.2) is 18.6 Å². The first-order chi connectivity index (χ1) is 10.8. The molecule has 0 aromatic carbocycles. The number of rotatable bonds is 2. The summed E-state index contributed by atoms with van der Waals surface area (Å²) in [6.45, 7) is 4.42. The lowest BCUT2D eigenvalue weighted by Gasteiger charge is -2.40. The molecule has 1 aromatic rings. The second-order valence-corrected chi connectivity index (χ2v) is 5.80. The third kappa shape index (κ3) is 3.30. The van der Waals surface area contributed by atoms with E-state index >= 15 is 0 Å². The molecule has 0 aliphatic carbocycles. The van der Waals surface area contributed by atoms with Gasteiger partial charge in [-0.2, -0.15) is 0 Å². The second-order valence-electron chi connectivity index (χ2n) is 5.80. The number of aromatic nitrogens is 2. The van der Waals surface area contributed by atoms with Gasteiger partial charge in [-0.15, -0.1) is 0 Å². The highest BCUT2D eigenvalue weighted by atomic mass is 16.5. The molecular formula is C15H23N5O2. The molecule has 2 aliphatic heterocycles. The van der Waals surface area contributed by atoms with Gasteiger partial charge >= 0.3 is 6.03 Å². The van der Waals surface area contributed by atoms with Gasteiger partial charge in [0.15, 0.2) is 0 Å². The van der Waals surface area contributed by atoms with Gasteiger partial charge in [0, 0.05) is 45.6 Å². The first kappa shape index (κ1) is 15.0. The lowest BCUT2D eigenvalue weighted by molar-refractivity contribution is 0.0414. The van der Waals surface area contributed by atoms with E-state index in [4.69, 9.17) is 4.74 Å². The molecule has 120 valence electrons. The molecule has 3 rings (SSSR count). The van der Waals surface area contributed by atoms with Gasteiger partial charge in [0.1, 0.15) is 5.82 Å². The van der Waals surface area contributed by atoms with Gasteiger partial charge < -0.3 is 19.4 Å². The summed E-state index contributed by atoms with van der Waals surface area (Å²) in [7, 11) is 1.91. The number of hydrogen-bond donors (Lipinski definition) is 0. The van der Waals surface area contributed by atoms with E-state index < -0.39 is 0 Å². The standard InChI is InChI=1S/C15H23N5O2/c1-18(15(21)19-7-9-22-10-8-19)13-3-2-6-20(12-13)14-11-16-4-5-17-14/h4-5,11,13H,2-3,6-10,12H2,1H3. The minimum atomic E-state index is 0.106. The summed E-state index contributed by atoms with van der Waals surface area (Å²) in [5, 5.41) is 0. The third-order valence-corrected chi connectivity index (χ3v) is 4.40. The molecule has 0 saturated carbocycles. The van der Waals surface area contributed by atoms with Crippen molar-refractivity contribution in [3.05, 3.63) is 18.6 Å². The molecular weight excluding hydrogens is 282 g/mol. The van der Waals surface area contributed by atoms with Crippen molar-refractivity contribution in [2.45, 2.75) is 18.9 Å². The summed E-state index contributed by atoms with van der Waals surface area (Å²) in [5.74, 6) is 0.888. The maximum absolute atomic E-state index is 12.6. The predicted octanol–water partition coefficient (Wildman–Crippen LogP) is 0.829. The van der Waals surface area contributed by atoms with E-state index in [1.807, 2.05) is 16.8 Å². The van der Waals surface area contributed by atoms with Gasteiger partial charge in [0.2, 0.25) is 0 Å². The van der Waals surface area contributed by atoms with Crippen LogP contribution in [0, 0.1) is 0 Å². The second kappa shape index (κ2) is 6.91. The number of hydrogen-bond acceptors (Lipinski definition) is 5. The Hall–Kier alpha value is -1.89. The molecule has 7 heteroatoms. The van der Waals surface area contributed by atoms with E-state index in [9.17, 15) is 4.79 Å². The van der Waals surface area contributed by atoms with Gasteiger partial charge in [-0.05, 0) is 12.8 Å². The fourth-order valence-electron chi connectivity index (χ4n) is 3.07. The number of carbonyl (C=O) groups is 1. The summed E-state index contributed by atoms with van der Waals surface area (Å²) in [4.78, 5) is 27.1. The molecule has 1 aromatic heterocycles. The van der Waals surface area contributed by atoms with Gasteiger partial charge in [0.05, 0.1) is 25.5 Å². The van der Waals surface area contributed by atoms with Crippen molar-refractivity contribution in [1.82, 2.24) is 19.8 Å². The molecule has 3 heterocycles. The van der Waals surface area contributed by atoms with Crippen LogP contribution in [0.1, 0.15) is 12.8 Å².